The molecule has 1 aliphatic rings. The van der Waals surface area contributed by atoms with Crippen molar-refractivity contribution < 1.29 is 23.1 Å². The average molecular weight is 483 g/mol. The number of carbonyl (C=O) groups is 1. The van der Waals surface area contributed by atoms with E-state index in [1.54, 1.807) is 6.07 Å². The molecule has 8 nitrogen and oxygen atoms in total. The fourth-order valence-electron chi connectivity index (χ4n) is 3.93. The average Bonchev–Trinajstić information content (AvgIpc) is 2.67. The van der Waals surface area contributed by atoms with E-state index < -0.39 is 15.9 Å². The van der Waals surface area contributed by atoms with Crippen molar-refractivity contribution in [1.29, 1.82) is 0 Å². The molecule has 0 spiro atoms. The maximum atomic E-state index is 12.7. The van der Waals surface area contributed by atoms with Crippen LogP contribution < -0.4 is 10.3 Å². The van der Waals surface area contributed by atoms with Crippen LogP contribution in [-0.4, -0.2) is 54.0 Å². The summed E-state index contributed by atoms with van der Waals surface area (Å²) < 4.78 is 30.7. The zero-order valence-electron chi connectivity index (χ0n) is 18.4. The van der Waals surface area contributed by atoms with Crippen molar-refractivity contribution in [3.8, 4) is 11.4 Å². The Bertz CT molecular complexity index is 1190. The lowest BCUT2D eigenvalue weighted by Crippen LogP contribution is -2.53. The number of halogens is 1. The lowest BCUT2D eigenvalue weighted by Gasteiger charge is -2.44. The van der Waals surface area contributed by atoms with Crippen LogP contribution in [0.4, 0.5) is 4.79 Å². The van der Waals surface area contributed by atoms with Crippen molar-refractivity contribution in [2.45, 2.75) is 50.7 Å². The summed E-state index contributed by atoms with van der Waals surface area (Å²) in [5.74, 6) is 0.386. The van der Waals surface area contributed by atoms with E-state index in [4.69, 9.17) is 16.3 Å². The Kier molecular flexibility index (Phi) is 6.62. The first kappa shape index (κ1) is 24.1. The Hall–Kier alpha value is -2.52. The second kappa shape index (κ2) is 8.78. The van der Waals surface area contributed by atoms with Crippen LogP contribution in [0.3, 0.4) is 0 Å². The molecule has 2 unspecified atom stereocenters. The van der Waals surface area contributed by atoms with E-state index in [1.165, 1.54) is 39.9 Å². The molecule has 2 aromatic rings. The summed E-state index contributed by atoms with van der Waals surface area (Å²) in [6, 6.07) is 6.97. The van der Waals surface area contributed by atoms with Gasteiger partial charge in [-0.05, 0) is 29.7 Å². The molecule has 1 amide bonds. The molecule has 0 saturated carbocycles. The van der Waals surface area contributed by atoms with Gasteiger partial charge >= 0.3 is 6.09 Å². The van der Waals surface area contributed by atoms with E-state index in [2.05, 4.69) is 0 Å². The van der Waals surface area contributed by atoms with Crippen LogP contribution >= 0.6 is 11.6 Å². The molecule has 1 N–H and O–H groups in total. The summed E-state index contributed by atoms with van der Waals surface area (Å²) in [6.07, 6.45) is 2.50. The molecule has 1 aromatic heterocycles. The zero-order chi connectivity index (χ0) is 23.8. The standard InChI is InChI=1S/C22H27ClN2O6S/c1-22(2,3)19-11-14(8-10-25(19)21(27)28)31-15-7-9-24(20(26)12-15)18-6-5-16(13-17(18)23)32(4,29)30/h5-7,9,12-14,19H,8,10-11H2,1-4H3,(H,27,28). The number of hydrogen-bond donors (Lipinski definition) is 1. The van der Waals surface area contributed by atoms with Gasteiger partial charge in [0.2, 0.25) is 0 Å². The molecular formula is C22H27ClN2O6S. The number of aromatic nitrogens is 1. The molecule has 0 aliphatic carbocycles. The van der Waals surface area contributed by atoms with Gasteiger partial charge in [0, 0.05) is 43.9 Å². The lowest BCUT2D eigenvalue weighted by atomic mass is 9.80. The van der Waals surface area contributed by atoms with Gasteiger partial charge in [-0.2, -0.15) is 0 Å². The second-order valence-electron chi connectivity index (χ2n) is 9.08. The van der Waals surface area contributed by atoms with Crippen LogP contribution in [0.5, 0.6) is 5.75 Å². The number of nitrogens with zero attached hydrogens (tertiary/aromatic N) is 2. The van der Waals surface area contributed by atoms with E-state index in [1.807, 2.05) is 20.8 Å². The number of rotatable bonds is 4. The lowest BCUT2D eigenvalue weighted by molar-refractivity contribution is 0.0130. The molecule has 2 atom stereocenters. The summed E-state index contributed by atoms with van der Waals surface area (Å²) >= 11 is 6.23. The van der Waals surface area contributed by atoms with E-state index in [0.29, 0.717) is 30.8 Å². The summed E-state index contributed by atoms with van der Waals surface area (Å²) in [5.41, 5.74) is -0.274. The maximum absolute atomic E-state index is 12.7. The third kappa shape index (κ3) is 5.27. The Balaban J connectivity index is 1.81. The predicted molar refractivity (Wildman–Crippen MR) is 122 cm³/mol. The van der Waals surface area contributed by atoms with Gasteiger partial charge in [0.05, 0.1) is 15.6 Å². The van der Waals surface area contributed by atoms with Gasteiger partial charge in [-0.15, -0.1) is 0 Å². The number of hydrogen-bond acceptors (Lipinski definition) is 5. The fourth-order valence-corrected chi connectivity index (χ4v) is 4.91. The van der Waals surface area contributed by atoms with E-state index >= 15 is 0 Å². The summed E-state index contributed by atoms with van der Waals surface area (Å²) in [6.45, 7) is 6.35. The Morgan fingerprint density at radius 3 is 2.44 bits per heavy atom. The van der Waals surface area contributed by atoms with Crippen molar-refractivity contribution >= 4 is 27.5 Å². The largest absolute Gasteiger partial charge is 0.490 e. The van der Waals surface area contributed by atoms with Crippen molar-refractivity contribution in [2.24, 2.45) is 5.41 Å². The minimum atomic E-state index is -3.41. The second-order valence-corrected chi connectivity index (χ2v) is 11.5. The summed E-state index contributed by atoms with van der Waals surface area (Å²) in [5, 5.41) is 9.64. The molecule has 32 heavy (non-hydrogen) atoms. The monoisotopic (exact) mass is 482 g/mol. The molecule has 174 valence electrons. The highest BCUT2D eigenvalue weighted by Gasteiger charge is 2.39. The van der Waals surface area contributed by atoms with Crippen LogP contribution in [0.25, 0.3) is 5.69 Å². The van der Waals surface area contributed by atoms with Crippen LogP contribution in [0, 0.1) is 5.41 Å². The molecule has 1 aliphatic heterocycles. The Labute approximate surface area is 192 Å². The third-order valence-corrected chi connectivity index (χ3v) is 7.01. The van der Waals surface area contributed by atoms with Gasteiger partial charge in [0.25, 0.3) is 5.56 Å². The van der Waals surface area contributed by atoms with Gasteiger partial charge in [-0.3, -0.25) is 9.36 Å². The van der Waals surface area contributed by atoms with Gasteiger partial charge in [-0.25, -0.2) is 13.2 Å². The van der Waals surface area contributed by atoms with Crippen molar-refractivity contribution in [3.63, 3.8) is 0 Å². The van der Waals surface area contributed by atoms with Gasteiger partial charge in [0.1, 0.15) is 11.9 Å². The minimum Gasteiger partial charge on any atom is -0.490 e. The highest BCUT2D eigenvalue weighted by molar-refractivity contribution is 7.90. The number of ether oxygens (including phenoxy) is 1. The fraction of sp³-hybridized carbons (Fsp3) is 0.455. The molecule has 10 heteroatoms. The number of piperidine rings is 1. The quantitative estimate of drug-likeness (QED) is 0.709. The topological polar surface area (TPSA) is 106 Å². The number of likely N-dealkylation sites (tertiary alicyclic amines) is 1. The normalized spacial score (nSPS) is 19.6. The number of benzene rings is 1. The maximum Gasteiger partial charge on any atom is 0.407 e. The number of pyridine rings is 1. The molecule has 0 bridgehead atoms. The summed E-state index contributed by atoms with van der Waals surface area (Å²) in [4.78, 5) is 25.8. The summed E-state index contributed by atoms with van der Waals surface area (Å²) in [7, 11) is -3.41. The minimum absolute atomic E-state index is 0.0698. The number of carboxylic acid groups (broad SMARTS) is 1. The van der Waals surface area contributed by atoms with E-state index in [0.717, 1.165) is 6.26 Å². The van der Waals surface area contributed by atoms with Gasteiger partial charge in [-0.1, -0.05) is 32.4 Å². The Morgan fingerprint density at radius 2 is 1.91 bits per heavy atom. The molecule has 1 fully saturated rings. The van der Waals surface area contributed by atoms with Crippen LogP contribution in [0.1, 0.15) is 33.6 Å². The van der Waals surface area contributed by atoms with Gasteiger partial charge in [0.15, 0.2) is 9.84 Å². The van der Waals surface area contributed by atoms with Crippen molar-refractivity contribution in [3.05, 3.63) is 51.9 Å². The van der Waals surface area contributed by atoms with Crippen LogP contribution in [0.15, 0.2) is 46.2 Å². The third-order valence-electron chi connectivity index (χ3n) is 5.60. The first-order chi connectivity index (χ1) is 14.8. The molecule has 3 rings (SSSR count). The van der Waals surface area contributed by atoms with Crippen LogP contribution in [0.2, 0.25) is 5.02 Å². The smallest absolute Gasteiger partial charge is 0.407 e. The molecule has 2 heterocycles. The molecular weight excluding hydrogens is 456 g/mol. The van der Waals surface area contributed by atoms with Crippen LogP contribution in [-0.2, 0) is 9.84 Å². The first-order valence-electron chi connectivity index (χ1n) is 10.2. The first-order valence-corrected chi connectivity index (χ1v) is 12.4. The SMILES string of the molecule is CC(C)(C)C1CC(Oc2ccn(-c3ccc(S(C)(=O)=O)cc3Cl)c(=O)c2)CCN1C(=O)O. The van der Waals surface area contributed by atoms with E-state index in [-0.39, 0.29) is 33.0 Å². The van der Waals surface area contributed by atoms with E-state index in [9.17, 15) is 23.1 Å². The zero-order valence-corrected chi connectivity index (χ0v) is 20.0. The highest BCUT2D eigenvalue weighted by atomic mass is 35.5. The molecule has 0 radical (unpaired) electrons. The Morgan fingerprint density at radius 1 is 1.22 bits per heavy atom. The number of sulfone groups is 1. The number of amides is 1. The molecule has 1 aromatic carbocycles. The highest BCUT2D eigenvalue weighted by Crippen LogP contribution is 2.33. The van der Waals surface area contributed by atoms with Crippen molar-refractivity contribution in [2.75, 3.05) is 12.8 Å². The van der Waals surface area contributed by atoms with Gasteiger partial charge < -0.3 is 14.7 Å². The predicted octanol–water partition coefficient (Wildman–Crippen LogP) is 3.83. The van der Waals surface area contributed by atoms with Crippen molar-refractivity contribution in [1.82, 2.24) is 9.47 Å². The molecule has 1 saturated heterocycles.